The number of nitrogens with zero attached hydrogens (tertiary/aromatic N) is 1. The van der Waals surface area contributed by atoms with E-state index in [1.807, 2.05) is 0 Å². The van der Waals surface area contributed by atoms with Gasteiger partial charge >= 0.3 is 0 Å². The predicted octanol–water partition coefficient (Wildman–Crippen LogP) is 0.0517. The number of non-ortho nitro benzene ring substituents is 1. The van der Waals surface area contributed by atoms with E-state index in [9.17, 15) is 20.3 Å². The summed E-state index contributed by atoms with van der Waals surface area (Å²) in [5, 5.41) is 29.1. The largest absolute Gasteiger partial charge is 0.462 e. The third-order valence-corrected chi connectivity index (χ3v) is 2.40. The van der Waals surface area contributed by atoms with Gasteiger partial charge in [-0.2, -0.15) is 0 Å². The zero-order valence-corrected chi connectivity index (χ0v) is 8.72. The summed E-state index contributed by atoms with van der Waals surface area (Å²) < 4.78 is 10.2. The minimum absolute atomic E-state index is 0.00118. The first kappa shape index (κ1) is 11.8. The molecule has 3 unspecified atom stereocenters. The van der Waals surface area contributed by atoms with Crippen molar-refractivity contribution in [2.45, 2.75) is 18.5 Å². The van der Waals surface area contributed by atoms with Crippen molar-refractivity contribution in [3.63, 3.8) is 0 Å². The molecule has 0 radical (unpaired) electrons. The molecule has 17 heavy (non-hydrogen) atoms. The van der Waals surface area contributed by atoms with E-state index in [4.69, 9.17) is 9.47 Å². The zero-order chi connectivity index (χ0) is 12.4. The lowest BCUT2D eigenvalue weighted by Crippen LogP contribution is -2.33. The lowest BCUT2D eigenvalue weighted by molar-refractivity contribution is -0.384. The molecule has 1 fully saturated rings. The molecule has 7 heteroatoms. The standard InChI is InChI=1S/C10H11NO6/c12-8-5-16-10(9(8)13)17-7-3-1-6(2-4-7)11(14)15/h1-4,8-10,12-13H,5H2. The van der Waals surface area contributed by atoms with Crippen molar-refractivity contribution in [2.24, 2.45) is 0 Å². The summed E-state index contributed by atoms with van der Waals surface area (Å²) in [5.74, 6) is 0.328. The minimum Gasteiger partial charge on any atom is -0.462 e. The maximum atomic E-state index is 10.4. The molecule has 2 N–H and O–H groups in total. The number of ether oxygens (including phenoxy) is 2. The van der Waals surface area contributed by atoms with Gasteiger partial charge in [-0.3, -0.25) is 10.1 Å². The van der Waals surface area contributed by atoms with Crippen molar-refractivity contribution in [1.82, 2.24) is 0 Å². The van der Waals surface area contributed by atoms with Gasteiger partial charge in [-0.25, -0.2) is 0 Å². The number of benzene rings is 1. The second kappa shape index (κ2) is 4.66. The van der Waals surface area contributed by atoms with Crippen molar-refractivity contribution >= 4 is 5.69 Å². The lowest BCUT2D eigenvalue weighted by Gasteiger charge is -2.16. The fourth-order valence-corrected chi connectivity index (χ4v) is 1.46. The van der Waals surface area contributed by atoms with Crippen molar-refractivity contribution in [2.75, 3.05) is 6.61 Å². The Bertz CT molecular complexity index is 406. The van der Waals surface area contributed by atoms with Gasteiger partial charge < -0.3 is 19.7 Å². The first-order valence-electron chi connectivity index (χ1n) is 4.97. The highest BCUT2D eigenvalue weighted by Crippen LogP contribution is 2.22. The van der Waals surface area contributed by atoms with Gasteiger partial charge in [0.15, 0.2) is 0 Å². The Morgan fingerprint density at radius 1 is 1.35 bits per heavy atom. The second-order valence-corrected chi connectivity index (χ2v) is 3.63. The van der Waals surface area contributed by atoms with Crippen LogP contribution in [0, 0.1) is 10.1 Å². The first-order valence-corrected chi connectivity index (χ1v) is 4.97. The Labute approximate surface area is 96.4 Å². The van der Waals surface area contributed by atoms with Crippen LogP contribution in [0.25, 0.3) is 0 Å². The van der Waals surface area contributed by atoms with Gasteiger partial charge in [-0.15, -0.1) is 0 Å². The fourth-order valence-electron chi connectivity index (χ4n) is 1.46. The van der Waals surface area contributed by atoms with Crippen LogP contribution in [-0.4, -0.2) is 40.2 Å². The molecule has 2 rings (SSSR count). The molecular weight excluding hydrogens is 230 g/mol. The van der Waals surface area contributed by atoms with E-state index in [1.54, 1.807) is 0 Å². The third-order valence-electron chi connectivity index (χ3n) is 2.40. The summed E-state index contributed by atoms with van der Waals surface area (Å²) in [6.45, 7) is -0.00118. The molecule has 0 amide bonds. The number of hydrogen-bond acceptors (Lipinski definition) is 6. The number of aliphatic hydroxyl groups excluding tert-OH is 2. The molecule has 92 valence electrons. The average Bonchev–Trinajstić information content (AvgIpc) is 2.62. The molecule has 1 aromatic rings. The summed E-state index contributed by atoms with van der Waals surface area (Å²) in [6.07, 6.45) is -3.05. The van der Waals surface area contributed by atoms with Gasteiger partial charge in [0.1, 0.15) is 18.0 Å². The summed E-state index contributed by atoms with van der Waals surface area (Å²) in [5.41, 5.74) is -0.0507. The Morgan fingerprint density at radius 3 is 2.47 bits per heavy atom. The van der Waals surface area contributed by atoms with Crippen LogP contribution in [-0.2, 0) is 4.74 Å². The summed E-state index contributed by atoms with van der Waals surface area (Å²) in [6, 6.07) is 5.37. The quantitative estimate of drug-likeness (QED) is 0.572. The van der Waals surface area contributed by atoms with Crippen LogP contribution >= 0.6 is 0 Å². The number of hydrogen-bond donors (Lipinski definition) is 2. The molecule has 1 heterocycles. The monoisotopic (exact) mass is 241 g/mol. The van der Waals surface area contributed by atoms with Crippen LogP contribution in [0.3, 0.4) is 0 Å². The van der Waals surface area contributed by atoms with E-state index in [2.05, 4.69) is 0 Å². The highest BCUT2D eigenvalue weighted by Gasteiger charge is 2.36. The third kappa shape index (κ3) is 2.52. The molecule has 1 saturated heterocycles. The predicted molar refractivity (Wildman–Crippen MR) is 55.5 cm³/mol. The molecule has 0 bridgehead atoms. The normalized spacial score (nSPS) is 28.0. The van der Waals surface area contributed by atoms with Gasteiger partial charge in [0, 0.05) is 12.1 Å². The van der Waals surface area contributed by atoms with Crippen LogP contribution < -0.4 is 4.74 Å². The number of aliphatic hydroxyl groups is 2. The maximum absolute atomic E-state index is 10.4. The van der Waals surface area contributed by atoms with E-state index in [1.165, 1.54) is 24.3 Å². The SMILES string of the molecule is O=[N+]([O-])c1ccc(OC2OCC(O)C2O)cc1. The first-order chi connectivity index (χ1) is 8.08. The lowest BCUT2D eigenvalue weighted by atomic mass is 10.2. The number of rotatable bonds is 3. The van der Waals surface area contributed by atoms with E-state index in [-0.39, 0.29) is 12.3 Å². The molecule has 3 atom stereocenters. The minimum atomic E-state index is -1.12. The maximum Gasteiger partial charge on any atom is 0.269 e. The molecule has 0 aromatic heterocycles. The van der Waals surface area contributed by atoms with Crippen LogP contribution in [0.5, 0.6) is 5.75 Å². The van der Waals surface area contributed by atoms with Crippen LogP contribution in [0.15, 0.2) is 24.3 Å². The molecule has 1 aromatic carbocycles. The van der Waals surface area contributed by atoms with Gasteiger partial charge in [0.05, 0.1) is 11.5 Å². The van der Waals surface area contributed by atoms with Gasteiger partial charge in [0.25, 0.3) is 5.69 Å². The smallest absolute Gasteiger partial charge is 0.269 e. The molecule has 0 spiro atoms. The van der Waals surface area contributed by atoms with Crippen LogP contribution in [0.4, 0.5) is 5.69 Å². The highest BCUT2D eigenvalue weighted by atomic mass is 16.7. The van der Waals surface area contributed by atoms with Crippen LogP contribution in [0.1, 0.15) is 0 Å². The number of nitro groups is 1. The van der Waals surface area contributed by atoms with Gasteiger partial charge in [-0.05, 0) is 12.1 Å². The van der Waals surface area contributed by atoms with Crippen LogP contribution in [0.2, 0.25) is 0 Å². The van der Waals surface area contributed by atoms with E-state index < -0.39 is 23.4 Å². The van der Waals surface area contributed by atoms with Crippen molar-refractivity contribution in [3.8, 4) is 5.75 Å². The Hall–Kier alpha value is -1.70. The Morgan fingerprint density at radius 2 is 2.00 bits per heavy atom. The summed E-state index contributed by atoms with van der Waals surface area (Å²) in [7, 11) is 0. The van der Waals surface area contributed by atoms with E-state index in [0.29, 0.717) is 5.75 Å². The van der Waals surface area contributed by atoms with E-state index >= 15 is 0 Å². The Kier molecular flexibility index (Phi) is 3.23. The summed E-state index contributed by atoms with van der Waals surface area (Å²) >= 11 is 0. The molecule has 7 nitrogen and oxygen atoms in total. The number of nitro benzene ring substituents is 1. The second-order valence-electron chi connectivity index (χ2n) is 3.63. The topological polar surface area (TPSA) is 102 Å². The van der Waals surface area contributed by atoms with Gasteiger partial charge in [0.2, 0.25) is 6.29 Å². The zero-order valence-electron chi connectivity index (χ0n) is 8.72. The molecular formula is C10H11NO6. The summed E-state index contributed by atoms with van der Waals surface area (Å²) in [4.78, 5) is 9.90. The van der Waals surface area contributed by atoms with Crippen molar-refractivity contribution in [1.29, 1.82) is 0 Å². The molecule has 1 aliphatic heterocycles. The molecule has 0 saturated carbocycles. The molecule has 0 aliphatic carbocycles. The average molecular weight is 241 g/mol. The van der Waals surface area contributed by atoms with E-state index in [0.717, 1.165) is 0 Å². The van der Waals surface area contributed by atoms with Crippen molar-refractivity contribution < 1.29 is 24.6 Å². The Balaban J connectivity index is 2.02. The fraction of sp³-hybridized carbons (Fsp3) is 0.400. The molecule has 1 aliphatic rings. The van der Waals surface area contributed by atoms with Gasteiger partial charge in [-0.1, -0.05) is 0 Å². The highest BCUT2D eigenvalue weighted by molar-refractivity contribution is 5.36. The van der Waals surface area contributed by atoms with Crippen molar-refractivity contribution in [3.05, 3.63) is 34.4 Å².